The third kappa shape index (κ3) is 3.07. The van der Waals surface area contributed by atoms with Crippen LogP contribution in [0.3, 0.4) is 0 Å². The number of Topliss-reactive ketones (excluding diaryl/α,β-unsaturated/α-hetero) is 1. The fourth-order valence-corrected chi connectivity index (χ4v) is 2.63. The van der Waals surface area contributed by atoms with Crippen LogP contribution < -0.4 is 0 Å². The van der Waals surface area contributed by atoms with Crippen LogP contribution in [0.25, 0.3) is 0 Å². The van der Waals surface area contributed by atoms with Gasteiger partial charge in [-0.1, -0.05) is 0 Å². The van der Waals surface area contributed by atoms with Crippen molar-refractivity contribution in [2.75, 3.05) is 26.7 Å². The Morgan fingerprint density at radius 3 is 2.40 bits per heavy atom. The van der Waals surface area contributed by atoms with Crippen molar-refractivity contribution in [1.82, 2.24) is 9.80 Å². The van der Waals surface area contributed by atoms with E-state index in [9.17, 15) is 9.18 Å². The zero-order chi connectivity index (χ0) is 14.9. The Labute approximate surface area is 120 Å². The topological polar surface area (TPSA) is 23.6 Å². The van der Waals surface area contributed by atoms with E-state index in [-0.39, 0.29) is 23.2 Å². The molecule has 110 valence electrons. The van der Waals surface area contributed by atoms with Crippen molar-refractivity contribution in [3.63, 3.8) is 0 Å². The summed E-state index contributed by atoms with van der Waals surface area (Å²) in [6.07, 6.45) is 0. The number of hydrogen-bond donors (Lipinski definition) is 0. The molecule has 1 aliphatic heterocycles. The van der Waals surface area contributed by atoms with Crippen LogP contribution in [0.4, 0.5) is 4.39 Å². The lowest BCUT2D eigenvalue weighted by atomic mass is 9.96. The van der Waals surface area contributed by atoms with Gasteiger partial charge in [0.2, 0.25) is 0 Å². The Hall–Kier alpha value is -1.26. The predicted molar refractivity (Wildman–Crippen MR) is 78.5 cm³/mol. The van der Waals surface area contributed by atoms with Gasteiger partial charge in [0.05, 0.1) is 6.04 Å². The van der Waals surface area contributed by atoms with E-state index in [1.54, 1.807) is 12.1 Å². The molecule has 3 nitrogen and oxygen atoms in total. The maximum atomic E-state index is 12.9. The fourth-order valence-electron chi connectivity index (χ4n) is 2.63. The molecule has 0 N–H and O–H groups in total. The molecule has 0 aromatic heterocycles. The van der Waals surface area contributed by atoms with Gasteiger partial charge in [0.25, 0.3) is 0 Å². The van der Waals surface area contributed by atoms with Gasteiger partial charge in [-0.2, -0.15) is 0 Å². The quantitative estimate of drug-likeness (QED) is 0.793. The van der Waals surface area contributed by atoms with Gasteiger partial charge in [-0.15, -0.1) is 0 Å². The standard InChI is InChI=1S/C16H23FN2O/c1-12(15(20)13-5-7-14(17)8-6-13)19-10-9-18(4)16(2,3)11-19/h5-8,12H,9-11H2,1-4H3. The zero-order valence-electron chi connectivity index (χ0n) is 12.7. The normalized spacial score (nSPS) is 21.6. The van der Waals surface area contributed by atoms with Crippen molar-refractivity contribution >= 4 is 5.78 Å². The SMILES string of the molecule is CC(C(=O)c1ccc(F)cc1)N1CCN(C)C(C)(C)C1. The average Bonchev–Trinajstić information content (AvgIpc) is 2.41. The second-order valence-corrected chi connectivity index (χ2v) is 6.25. The highest BCUT2D eigenvalue weighted by Gasteiger charge is 2.34. The van der Waals surface area contributed by atoms with Crippen LogP contribution in [0.2, 0.25) is 0 Å². The first-order chi connectivity index (χ1) is 9.31. The number of likely N-dealkylation sites (N-methyl/N-ethyl adjacent to an activating group) is 1. The van der Waals surface area contributed by atoms with Crippen molar-refractivity contribution < 1.29 is 9.18 Å². The molecule has 1 heterocycles. The Morgan fingerprint density at radius 2 is 1.85 bits per heavy atom. The summed E-state index contributed by atoms with van der Waals surface area (Å²) >= 11 is 0. The third-order valence-corrected chi connectivity index (χ3v) is 4.40. The van der Waals surface area contributed by atoms with Crippen LogP contribution in [0, 0.1) is 5.82 Å². The van der Waals surface area contributed by atoms with Crippen LogP contribution in [-0.2, 0) is 0 Å². The average molecular weight is 278 g/mol. The molecule has 0 radical (unpaired) electrons. The van der Waals surface area contributed by atoms with Crippen molar-refractivity contribution in [2.24, 2.45) is 0 Å². The minimum atomic E-state index is -0.310. The van der Waals surface area contributed by atoms with Crippen LogP contribution >= 0.6 is 0 Å². The fraction of sp³-hybridized carbons (Fsp3) is 0.562. The lowest BCUT2D eigenvalue weighted by molar-refractivity contribution is 0.0212. The van der Waals surface area contributed by atoms with Gasteiger partial charge in [-0.25, -0.2) is 4.39 Å². The second kappa shape index (κ2) is 5.62. The molecule has 0 amide bonds. The van der Waals surface area contributed by atoms with E-state index in [0.717, 1.165) is 19.6 Å². The summed E-state index contributed by atoms with van der Waals surface area (Å²) in [5.74, 6) is -0.250. The molecular formula is C16H23FN2O. The van der Waals surface area contributed by atoms with Gasteiger partial charge >= 0.3 is 0 Å². The summed E-state index contributed by atoms with van der Waals surface area (Å²) in [4.78, 5) is 17.0. The van der Waals surface area contributed by atoms with Gasteiger partial charge in [0.15, 0.2) is 5.78 Å². The van der Waals surface area contributed by atoms with E-state index >= 15 is 0 Å². The third-order valence-electron chi connectivity index (χ3n) is 4.40. The Kier molecular flexibility index (Phi) is 4.25. The summed E-state index contributed by atoms with van der Waals surface area (Å²) in [6.45, 7) is 9.01. The molecule has 1 unspecified atom stereocenters. The summed E-state index contributed by atoms with van der Waals surface area (Å²) in [5, 5.41) is 0. The highest BCUT2D eigenvalue weighted by molar-refractivity contribution is 5.99. The van der Waals surface area contributed by atoms with Gasteiger partial charge in [0.1, 0.15) is 5.82 Å². The number of halogens is 1. The highest BCUT2D eigenvalue weighted by Crippen LogP contribution is 2.21. The Bertz CT molecular complexity index is 484. The molecule has 1 fully saturated rings. The minimum Gasteiger partial charge on any atom is -0.299 e. The second-order valence-electron chi connectivity index (χ2n) is 6.25. The van der Waals surface area contributed by atoms with E-state index < -0.39 is 0 Å². The maximum absolute atomic E-state index is 12.9. The predicted octanol–water partition coefficient (Wildman–Crippen LogP) is 2.42. The van der Waals surface area contributed by atoms with Crippen LogP contribution in [0.1, 0.15) is 31.1 Å². The molecule has 0 aliphatic carbocycles. The van der Waals surface area contributed by atoms with Gasteiger partial charge in [0, 0.05) is 30.7 Å². The number of piperazine rings is 1. The summed E-state index contributed by atoms with van der Waals surface area (Å²) in [7, 11) is 2.11. The van der Waals surface area contributed by atoms with Crippen molar-refractivity contribution in [2.45, 2.75) is 32.4 Å². The summed E-state index contributed by atoms with van der Waals surface area (Å²) < 4.78 is 12.9. The van der Waals surface area contributed by atoms with Gasteiger partial charge < -0.3 is 0 Å². The monoisotopic (exact) mass is 278 g/mol. The number of benzene rings is 1. The molecule has 1 aromatic carbocycles. The molecule has 1 aliphatic rings. The molecule has 2 rings (SSSR count). The highest BCUT2D eigenvalue weighted by atomic mass is 19.1. The number of rotatable bonds is 3. The molecule has 1 aromatic rings. The minimum absolute atomic E-state index is 0.0605. The van der Waals surface area contributed by atoms with Crippen molar-refractivity contribution in [3.8, 4) is 0 Å². The maximum Gasteiger partial charge on any atom is 0.179 e. The summed E-state index contributed by atoms with van der Waals surface area (Å²) in [6, 6.07) is 5.64. The molecule has 0 spiro atoms. The molecule has 20 heavy (non-hydrogen) atoms. The van der Waals surface area contributed by atoms with Crippen molar-refractivity contribution in [1.29, 1.82) is 0 Å². The van der Waals surface area contributed by atoms with E-state index in [0.29, 0.717) is 5.56 Å². The molecule has 0 bridgehead atoms. The number of hydrogen-bond acceptors (Lipinski definition) is 3. The first-order valence-corrected chi connectivity index (χ1v) is 7.06. The van der Waals surface area contributed by atoms with Crippen LogP contribution in [0.5, 0.6) is 0 Å². The largest absolute Gasteiger partial charge is 0.299 e. The van der Waals surface area contributed by atoms with E-state index in [1.165, 1.54) is 12.1 Å². The number of nitrogens with zero attached hydrogens (tertiary/aromatic N) is 2. The van der Waals surface area contributed by atoms with E-state index in [4.69, 9.17) is 0 Å². The van der Waals surface area contributed by atoms with Crippen molar-refractivity contribution in [3.05, 3.63) is 35.6 Å². The lowest BCUT2D eigenvalue weighted by Gasteiger charge is -2.47. The first-order valence-electron chi connectivity index (χ1n) is 7.06. The van der Waals surface area contributed by atoms with Gasteiger partial charge in [-0.3, -0.25) is 14.6 Å². The number of ketones is 1. The van der Waals surface area contributed by atoms with E-state index in [2.05, 4.69) is 30.7 Å². The lowest BCUT2D eigenvalue weighted by Crippen LogP contribution is -2.60. The number of carbonyl (C=O) groups is 1. The molecule has 1 saturated heterocycles. The molecular weight excluding hydrogens is 255 g/mol. The number of carbonyl (C=O) groups excluding carboxylic acids is 1. The molecule has 4 heteroatoms. The van der Waals surface area contributed by atoms with Crippen LogP contribution in [-0.4, -0.2) is 53.8 Å². The smallest absolute Gasteiger partial charge is 0.179 e. The van der Waals surface area contributed by atoms with Gasteiger partial charge in [-0.05, 0) is 52.1 Å². The molecule has 0 saturated carbocycles. The first kappa shape index (κ1) is 15.1. The molecule has 1 atom stereocenters. The zero-order valence-corrected chi connectivity index (χ0v) is 12.7. The Balaban J connectivity index is 2.09. The van der Waals surface area contributed by atoms with E-state index in [1.807, 2.05) is 6.92 Å². The summed E-state index contributed by atoms with van der Waals surface area (Å²) in [5.41, 5.74) is 0.644. The van der Waals surface area contributed by atoms with Crippen LogP contribution in [0.15, 0.2) is 24.3 Å². The Morgan fingerprint density at radius 1 is 1.25 bits per heavy atom.